The molecule has 0 fully saturated rings. The van der Waals surface area contributed by atoms with E-state index in [4.69, 9.17) is 14.8 Å². The van der Waals surface area contributed by atoms with Crippen LogP contribution in [0.4, 0.5) is 11.6 Å². The van der Waals surface area contributed by atoms with Crippen LogP contribution >= 0.6 is 0 Å². The van der Waals surface area contributed by atoms with E-state index < -0.39 is 6.04 Å². The molecule has 1 aromatic heterocycles. The van der Waals surface area contributed by atoms with Crippen molar-refractivity contribution < 1.29 is 9.53 Å². The zero-order valence-corrected chi connectivity index (χ0v) is 19.7. The lowest BCUT2D eigenvalue weighted by molar-refractivity contribution is -0.118. The van der Waals surface area contributed by atoms with Crippen LogP contribution in [-0.2, 0) is 4.79 Å². The van der Waals surface area contributed by atoms with E-state index in [-0.39, 0.29) is 11.2 Å². The molecular weight excluding hydrogens is 414 g/mol. The molecule has 7 heteroatoms. The number of methoxy groups -OCH3 is 1. The smallest absolute Gasteiger partial charge is 0.226 e. The number of ether oxygens (including phenoxy) is 1. The number of para-hydroxylation sites is 1. The highest BCUT2D eigenvalue weighted by atomic mass is 16.5. The highest BCUT2D eigenvalue weighted by Crippen LogP contribution is 2.47. The third-order valence-electron chi connectivity index (χ3n) is 6.41. The fourth-order valence-corrected chi connectivity index (χ4v) is 4.82. The molecule has 3 aromatic rings. The van der Waals surface area contributed by atoms with Crippen LogP contribution < -0.4 is 15.0 Å². The zero-order valence-electron chi connectivity index (χ0n) is 19.7. The molecule has 0 saturated carbocycles. The summed E-state index contributed by atoms with van der Waals surface area (Å²) in [5.74, 6) is 2.13. The van der Waals surface area contributed by atoms with E-state index in [0.717, 1.165) is 40.3 Å². The minimum atomic E-state index is -0.390. The predicted octanol–water partition coefficient (Wildman–Crippen LogP) is 4.68. The minimum Gasteiger partial charge on any atom is -0.496 e. The molecule has 33 heavy (non-hydrogen) atoms. The number of nitrogens with zero attached hydrogens (tertiary/aromatic N) is 4. The molecule has 7 nitrogen and oxygen atoms in total. The van der Waals surface area contributed by atoms with Crippen LogP contribution in [0.15, 0.2) is 59.8 Å². The van der Waals surface area contributed by atoms with Crippen molar-refractivity contribution in [1.82, 2.24) is 14.8 Å². The Morgan fingerprint density at radius 2 is 1.82 bits per heavy atom. The molecule has 0 bridgehead atoms. The molecule has 0 radical (unpaired) electrons. The van der Waals surface area contributed by atoms with Gasteiger partial charge in [0.15, 0.2) is 11.6 Å². The fraction of sp³-hybridized carbons (Fsp3) is 0.346. The van der Waals surface area contributed by atoms with Crippen LogP contribution in [0, 0.1) is 5.41 Å². The average molecular weight is 444 g/mol. The van der Waals surface area contributed by atoms with E-state index in [1.165, 1.54) is 0 Å². The number of anilines is 2. The average Bonchev–Trinajstić information content (AvgIpc) is 3.20. The first kappa shape index (κ1) is 21.2. The molecule has 0 amide bonds. The number of carbonyl (C=O) groups is 1. The summed E-state index contributed by atoms with van der Waals surface area (Å²) in [7, 11) is 5.68. The number of nitrogens with one attached hydrogen (secondary N) is 1. The number of hydrogen-bond acceptors (Lipinski definition) is 6. The minimum absolute atomic E-state index is 0.110. The Morgan fingerprint density at radius 1 is 1.09 bits per heavy atom. The van der Waals surface area contributed by atoms with Gasteiger partial charge in [-0.3, -0.25) is 4.79 Å². The Hall–Kier alpha value is -3.61. The largest absolute Gasteiger partial charge is 0.496 e. The third-order valence-corrected chi connectivity index (χ3v) is 6.41. The van der Waals surface area contributed by atoms with Gasteiger partial charge >= 0.3 is 0 Å². The van der Waals surface area contributed by atoms with E-state index in [9.17, 15) is 4.79 Å². The maximum atomic E-state index is 13.4. The normalized spacial score (nSPS) is 18.9. The molecule has 170 valence electrons. The predicted molar refractivity (Wildman–Crippen MR) is 130 cm³/mol. The maximum absolute atomic E-state index is 13.4. The molecule has 2 aromatic carbocycles. The van der Waals surface area contributed by atoms with Gasteiger partial charge in [-0.15, -0.1) is 5.10 Å². The van der Waals surface area contributed by atoms with Gasteiger partial charge in [0.1, 0.15) is 11.8 Å². The summed E-state index contributed by atoms with van der Waals surface area (Å²) in [5, 5.41) is 8.32. The highest BCUT2D eigenvalue weighted by Gasteiger charge is 2.42. The van der Waals surface area contributed by atoms with Gasteiger partial charge in [-0.05, 0) is 42.2 Å². The molecule has 5 rings (SSSR count). The standard InChI is InChI=1S/C26H29N5O2/c1-26(2)14-19-22(20(32)15-26)23(18-8-6-7-9-21(18)33-5)31-25(27-19)28-24(29-31)16-10-12-17(13-11-16)30(3)4/h6-13,23H,14-15H2,1-5H3,(H,27,28,29). The first-order valence-corrected chi connectivity index (χ1v) is 11.2. The number of benzene rings is 2. The first-order valence-electron chi connectivity index (χ1n) is 11.2. The van der Waals surface area contributed by atoms with Gasteiger partial charge in [0.2, 0.25) is 5.95 Å². The quantitative estimate of drug-likeness (QED) is 0.631. The van der Waals surface area contributed by atoms with E-state index in [0.29, 0.717) is 18.2 Å². The van der Waals surface area contributed by atoms with Crippen LogP contribution in [0.2, 0.25) is 0 Å². The van der Waals surface area contributed by atoms with Gasteiger partial charge in [0.25, 0.3) is 0 Å². The summed E-state index contributed by atoms with van der Waals surface area (Å²) < 4.78 is 7.51. The second-order valence-electron chi connectivity index (χ2n) is 9.75. The number of Topliss-reactive ketones (excluding diaryl/α,β-unsaturated/α-hetero) is 1. The molecule has 2 aliphatic rings. The Labute approximate surface area is 194 Å². The second kappa shape index (κ2) is 7.76. The van der Waals surface area contributed by atoms with Crippen molar-refractivity contribution in [2.45, 2.75) is 32.7 Å². The number of ketones is 1. The molecule has 1 aliphatic heterocycles. The van der Waals surface area contributed by atoms with Crippen LogP contribution in [-0.4, -0.2) is 41.8 Å². The number of rotatable bonds is 4. The molecule has 1 N–H and O–H groups in total. The number of aromatic nitrogens is 3. The van der Waals surface area contributed by atoms with Crippen molar-refractivity contribution in [3.63, 3.8) is 0 Å². The zero-order chi connectivity index (χ0) is 23.3. The summed E-state index contributed by atoms with van der Waals surface area (Å²) in [4.78, 5) is 20.3. The highest BCUT2D eigenvalue weighted by molar-refractivity contribution is 6.00. The number of allylic oxidation sites excluding steroid dienone is 2. The molecule has 2 heterocycles. The van der Waals surface area contributed by atoms with Crippen molar-refractivity contribution >= 4 is 17.4 Å². The lowest BCUT2D eigenvalue weighted by Gasteiger charge is -2.38. The summed E-state index contributed by atoms with van der Waals surface area (Å²) in [6, 6.07) is 15.6. The maximum Gasteiger partial charge on any atom is 0.226 e. The van der Waals surface area contributed by atoms with Crippen LogP contribution in [0.3, 0.4) is 0 Å². The van der Waals surface area contributed by atoms with Gasteiger partial charge in [-0.1, -0.05) is 32.0 Å². The fourth-order valence-electron chi connectivity index (χ4n) is 4.82. The Bertz CT molecular complexity index is 1250. The van der Waals surface area contributed by atoms with Crippen LogP contribution in [0.5, 0.6) is 5.75 Å². The van der Waals surface area contributed by atoms with E-state index >= 15 is 0 Å². The van der Waals surface area contributed by atoms with Gasteiger partial charge in [0, 0.05) is 48.6 Å². The molecule has 0 spiro atoms. The second-order valence-corrected chi connectivity index (χ2v) is 9.75. The van der Waals surface area contributed by atoms with Crippen molar-refractivity contribution in [3.05, 3.63) is 65.4 Å². The summed E-state index contributed by atoms with van der Waals surface area (Å²) in [6.45, 7) is 4.26. The molecule has 1 unspecified atom stereocenters. The summed E-state index contributed by atoms with van der Waals surface area (Å²) in [5.41, 5.74) is 4.52. The molecule has 1 atom stereocenters. The Balaban J connectivity index is 1.66. The van der Waals surface area contributed by atoms with Crippen molar-refractivity contribution in [3.8, 4) is 17.1 Å². The van der Waals surface area contributed by atoms with Crippen molar-refractivity contribution in [2.75, 3.05) is 31.4 Å². The van der Waals surface area contributed by atoms with Crippen molar-refractivity contribution in [1.29, 1.82) is 0 Å². The van der Waals surface area contributed by atoms with Gasteiger partial charge in [0.05, 0.1) is 7.11 Å². The topological polar surface area (TPSA) is 72.3 Å². The van der Waals surface area contributed by atoms with Crippen LogP contribution in [0.25, 0.3) is 11.4 Å². The Morgan fingerprint density at radius 3 is 2.52 bits per heavy atom. The lowest BCUT2D eigenvalue weighted by Crippen LogP contribution is -2.36. The molecule has 0 saturated heterocycles. The van der Waals surface area contributed by atoms with E-state index in [1.807, 2.05) is 55.2 Å². The monoisotopic (exact) mass is 443 g/mol. The van der Waals surface area contributed by atoms with E-state index in [1.54, 1.807) is 7.11 Å². The summed E-state index contributed by atoms with van der Waals surface area (Å²) in [6.07, 6.45) is 1.28. The Kier molecular flexibility index (Phi) is 5.00. The van der Waals surface area contributed by atoms with Gasteiger partial charge < -0.3 is 15.0 Å². The van der Waals surface area contributed by atoms with E-state index in [2.05, 4.69) is 36.2 Å². The number of hydrogen-bond donors (Lipinski definition) is 1. The number of carbonyl (C=O) groups excluding carboxylic acids is 1. The number of fused-ring (bicyclic) bond motifs is 1. The van der Waals surface area contributed by atoms with Crippen LogP contribution in [0.1, 0.15) is 38.3 Å². The lowest BCUT2D eigenvalue weighted by atomic mass is 9.73. The first-order chi connectivity index (χ1) is 15.8. The SMILES string of the molecule is COc1ccccc1C1C2=C(CC(C)(C)CC2=O)Nc2nc(-c3ccc(N(C)C)cc3)nn21. The van der Waals surface area contributed by atoms with Gasteiger partial charge in [-0.25, -0.2) is 4.68 Å². The molecular formula is C26H29N5O2. The van der Waals surface area contributed by atoms with Crippen molar-refractivity contribution in [2.24, 2.45) is 5.41 Å². The summed E-state index contributed by atoms with van der Waals surface area (Å²) >= 11 is 0. The molecule has 1 aliphatic carbocycles. The third kappa shape index (κ3) is 3.67. The van der Waals surface area contributed by atoms with Gasteiger partial charge in [-0.2, -0.15) is 4.98 Å².